The van der Waals surface area contributed by atoms with Crippen LogP contribution in [-0.2, 0) is 0 Å². The molecule has 1 aliphatic heterocycles. The maximum atomic E-state index is 11.5. The first kappa shape index (κ1) is 19.7. The number of amides is 1. The second-order valence-electron chi connectivity index (χ2n) is 6.74. The van der Waals surface area contributed by atoms with Crippen LogP contribution in [0.2, 0.25) is 0 Å². The third-order valence-electron chi connectivity index (χ3n) is 4.92. The molecular formula is C21H27N5O2. The number of carbonyl (C=O) groups excluding carboxylic acids is 1. The van der Waals surface area contributed by atoms with Crippen molar-refractivity contribution >= 4 is 23.1 Å². The quantitative estimate of drug-likeness (QED) is 0.565. The number of carbonyl (C=O) groups is 1. The molecule has 0 radical (unpaired) electrons. The second-order valence-corrected chi connectivity index (χ2v) is 6.74. The highest BCUT2D eigenvalue weighted by molar-refractivity contribution is 5.99. The molecule has 1 heterocycles. The van der Waals surface area contributed by atoms with Gasteiger partial charge in [-0.25, -0.2) is 4.99 Å². The Bertz CT molecular complexity index is 844. The van der Waals surface area contributed by atoms with Gasteiger partial charge >= 0.3 is 0 Å². The van der Waals surface area contributed by atoms with Crippen LogP contribution >= 0.6 is 0 Å². The fourth-order valence-corrected chi connectivity index (χ4v) is 3.37. The Morgan fingerprint density at radius 3 is 2.43 bits per heavy atom. The second kappa shape index (κ2) is 9.23. The number of hydrogen-bond acceptors (Lipinski definition) is 5. The number of nitrogens with zero attached hydrogens (tertiary/aromatic N) is 3. The Balaban J connectivity index is 1.54. The molecule has 1 amide bonds. The largest absolute Gasteiger partial charge is 0.495 e. The minimum Gasteiger partial charge on any atom is -0.495 e. The van der Waals surface area contributed by atoms with Crippen LogP contribution in [0.1, 0.15) is 16.8 Å². The Kier molecular flexibility index (Phi) is 6.49. The fraction of sp³-hybridized carbons (Fsp3) is 0.333. The number of aliphatic imine (C=N–C) groups is 1. The minimum absolute atomic E-state index is 0.385. The summed E-state index contributed by atoms with van der Waals surface area (Å²) in [4.78, 5) is 20.6. The van der Waals surface area contributed by atoms with Crippen molar-refractivity contribution in [2.24, 2.45) is 16.5 Å². The fourth-order valence-electron chi connectivity index (χ4n) is 3.37. The van der Waals surface area contributed by atoms with E-state index in [0.29, 0.717) is 23.5 Å². The molecule has 0 spiro atoms. The Hall–Kier alpha value is -3.06. The SMILES string of the molecule is COc1ccccc1N1CCN(CCC(N)=Nc2ccccc2C(N)=O)CC1. The summed E-state index contributed by atoms with van der Waals surface area (Å²) in [5.74, 6) is 0.904. The molecule has 7 heteroatoms. The van der Waals surface area contributed by atoms with E-state index in [1.54, 1.807) is 25.3 Å². The summed E-state index contributed by atoms with van der Waals surface area (Å²) in [6.07, 6.45) is 0.641. The number of primary amides is 1. The van der Waals surface area contributed by atoms with E-state index in [1.165, 1.54) is 0 Å². The molecule has 0 aromatic heterocycles. The average molecular weight is 381 g/mol. The van der Waals surface area contributed by atoms with Crippen molar-refractivity contribution in [1.29, 1.82) is 0 Å². The van der Waals surface area contributed by atoms with Crippen LogP contribution in [0.15, 0.2) is 53.5 Å². The van der Waals surface area contributed by atoms with Crippen LogP contribution in [0.5, 0.6) is 5.75 Å². The van der Waals surface area contributed by atoms with E-state index in [4.69, 9.17) is 16.2 Å². The Labute approximate surface area is 165 Å². The molecule has 1 aliphatic rings. The number of hydrogen-bond donors (Lipinski definition) is 2. The number of piperazine rings is 1. The van der Waals surface area contributed by atoms with Gasteiger partial charge < -0.3 is 21.1 Å². The van der Waals surface area contributed by atoms with Crippen LogP contribution in [-0.4, -0.2) is 56.5 Å². The topological polar surface area (TPSA) is 97.2 Å². The van der Waals surface area contributed by atoms with Crippen molar-refractivity contribution in [2.75, 3.05) is 44.7 Å². The molecule has 1 saturated heterocycles. The van der Waals surface area contributed by atoms with Gasteiger partial charge in [0.15, 0.2) is 0 Å². The van der Waals surface area contributed by atoms with Crippen LogP contribution in [0, 0.1) is 0 Å². The van der Waals surface area contributed by atoms with Gasteiger partial charge in [0.1, 0.15) is 11.6 Å². The van der Waals surface area contributed by atoms with Gasteiger partial charge in [-0.05, 0) is 24.3 Å². The molecule has 2 aromatic carbocycles. The summed E-state index contributed by atoms with van der Waals surface area (Å²) in [6.45, 7) is 4.59. The Morgan fingerprint density at radius 1 is 1.04 bits per heavy atom. The summed E-state index contributed by atoms with van der Waals surface area (Å²) in [5.41, 5.74) is 13.5. The summed E-state index contributed by atoms with van der Waals surface area (Å²) in [5, 5.41) is 0. The van der Waals surface area contributed by atoms with Crippen LogP contribution in [0.25, 0.3) is 0 Å². The highest BCUT2D eigenvalue weighted by Gasteiger charge is 2.19. The molecule has 28 heavy (non-hydrogen) atoms. The normalized spacial score (nSPS) is 15.5. The van der Waals surface area contributed by atoms with Crippen molar-refractivity contribution in [1.82, 2.24) is 4.90 Å². The van der Waals surface area contributed by atoms with E-state index in [1.807, 2.05) is 24.3 Å². The number of nitrogens with two attached hydrogens (primary N) is 2. The summed E-state index contributed by atoms with van der Waals surface area (Å²) < 4.78 is 5.47. The van der Waals surface area contributed by atoms with Gasteiger partial charge in [0.25, 0.3) is 5.91 Å². The van der Waals surface area contributed by atoms with Gasteiger partial charge in [-0.3, -0.25) is 9.69 Å². The van der Waals surface area contributed by atoms with Crippen LogP contribution in [0.4, 0.5) is 11.4 Å². The zero-order valence-corrected chi connectivity index (χ0v) is 16.2. The summed E-state index contributed by atoms with van der Waals surface area (Å²) in [7, 11) is 1.70. The maximum Gasteiger partial charge on any atom is 0.250 e. The highest BCUT2D eigenvalue weighted by atomic mass is 16.5. The van der Waals surface area contributed by atoms with E-state index in [0.717, 1.165) is 44.2 Å². The smallest absolute Gasteiger partial charge is 0.250 e. The monoisotopic (exact) mass is 381 g/mol. The highest BCUT2D eigenvalue weighted by Crippen LogP contribution is 2.28. The summed E-state index contributed by atoms with van der Waals surface area (Å²) in [6, 6.07) is 15.1. The zero-order chi connectivity index (χ0) is 19.9. The molecule has 0 unspecified atom stereocenters. The third-order valence-corrected chi connectivity index (χ3v) is 4.92. The van der Waals surface area contributed by atoms with Crippen molar-refractivity contribution < 1.29 is 9.53 Å². The Morgan fingerprint density at radius 2 is 1.71 bits per heavy atom. The number of anilines is 1. The number of rotatable bonds is 7. The van der Waals surface area contributed by atoms with Gasteiger partial charge in [-0.1, -0.05) is 24.3 Å². The van der Waals surface area contributed by atoms with E-state index in [9.17, 15) is 4.79 Å². The molecule has 0 aliphatic carbocycles. The number of methoxy groups -OCH3 is 1. The number of benzene rings is 2. The van der Waals surface area contributed by atoms with Crippen molar-refractivity contribution in [3.63, 3.8) is 0 Å². The van der Waals surface area contributed by atoms with E-state index in [-0.39, 0.29) is 0 Å². The zero-order valence-electron chi connectivity index (χ0n) is 16.2. The first-order chi connectivity index (χ1) is 13.6. The van der Waals surface area contributed by atoms with E-state index < -0.39 is 5.91 Å². The molecule has 1 fully saturated rings. The minimum atomic E-state index is -0.500. The van der Waals surface area contributed by atoms with E-state index in [2.05, 4.69) is 20.9 Å². The van der Waals surface area contributed by atoms with Crippen molar-refractivity contribution in [2.45, 2.75) is 6.42 Å². The first-order valence-corrected chi connectivity index (χ1v) is 9.40. The molecule has 7 nitrogen and oxygen atoms in total. The van der Waals surface area contributed by atoms with Crippen LogP contribution < -0.4 is 21.1 Å². The number of para-hydroxylation sites is 3. The lowest BCUT2D eigenvalue weighted by molar-refractivity contribution is 0.100. The first-order valence-electron chi connectivity index (χ1n) is 9.40. The summed E-state index contributed by atoms with van der Waals surface area (Å²) >= 11 is 0. The molecule has 0 bridgehead atoms. The predicted molar refractivity (Wildman–Crippen MR) is 113 cm³/mol. The third kappa shape index (κ3) is 4.80. The number of amidine groups is 1. The lowest BCUT2D eigenvalue weighted by Crippen LogP contribution is -2.47. The van der Waals surface area contributed by atoms with E-state index >= 15 is 0 Å². The molecule has 0 saturated carbocycles. The van der Waals surface area contributed by atoms with Crippen molar-refractivity contribution in [3.05, 3.63) is 54.1 Å². The lowest BCUT2D eigenvalue weighted by atomic mass is 10.1. The molecule has 2 aromatic rings. The molecule has 4 N–H and O–H groups in total. The molecule has 0 atom stereocenters. The molecule has 3 rings (SSSR count). The van der Waals surface area contributed by atoms with Gasteiger partial charge in [-0.2, -0.15) is 0 Å². The van der Waals surface area contributed by atoms with Gasteiger partial charge in [0, 0.05) is 39.1 Å². The van der Waals surface area contributed by atoms with Gasteiger partial charge in [-0.15, -0.1) is 0 Å². The van der Waals surface area contributed by atoms with Gasteiger partial charge in [0.2, 0.25) is 0 Å². The van der Waals surface area contributed by atoms with Crippen molar-refractivity contribution in [3.8, 4) is 5.75 Å². The van der Waals surface area contributed by atoms with Crippen LogP contribution in [0.3, 0.4) is 0 Å². The van der Waals surface area contributed by atoms with Gasteiger partial charge in [0.05, 0.1) is 24.0 Å². The molecular weight excluding hydrogens is 354 g/mol. The predicted octanol–water partition coefficient (Wildman–Crippen LogP) is 2.00. The maximum absolute atomic E-state index is 11.5. The average Bonchev–Trinajstić information content (AvgIpc) is 2.73. The molecule has 148 valence electrons. The standard InChI is InChI=1S/C21H27N5O2/c1-28-19-9-5-4-8-18(19)26-14-12-25(13-15-26)11-10-20(22)24-17-7-3-2-6-16(17)21(23)27/h2-9H,10-15H2,1H3,(H2,22,24)(H2,23,27). The number of ether oxygens (including phenoxy) is 1. The lowest BCUT2D eigenvalue weighted by Gasteiger charge is -2.36.